The number of nitrogens with one attached hydrogen (secondary N) is 1. The number of rotatable bonds is 5. The number of hydrogen-bond acceptors (Lipinski definition) is 7. The number of nitrogens with zero attached hydrogens (tertiary/aromatic N) is 3. The molecule has 1 aromatic carbocycles. The van der Waals surface area contributed by atoms with Gasteiger partial charge in [0, 0.05) is 12.6 Å². The maximum absolute atomic E-state index is 13.2. The molecule has 3 aliphatic heterocycles. The summed E-state index contributed by atoms with van der Waals surface area (Å²) in [5.74, 6) is -1.30. The highest BCUT2D eigenvalue weighted by Gasteiger charge is 2.67. The first-order chi connectivity index (χ1) is 14.0. The average Bonchev–Trinajstić information content (AvgIpc) is 3.38. The van der Waals surface area contributed by atoms with Gasteiger partial charge in [0.25, 0.3) is 5.69 Å². The lowest BCUT2D eigenvalue weighted by atomic mass is 9.77. The maximum atomic E-state index is 13.2. The van der Waals surface area contributed by atoms with Gasteiger partial charge in [-0.25, -0.2) is 9.88 Å². The van der Waals surface area contributed by atoms with Crippen LogP contribution < -0.4 is 10.2 Å². The standard InChI is InChI=1S/C20H16N4O5/c25-18-16-14-8-9-20(29-14,11-22-15-7-6-13(10-21-15)24(27)28)17(16)19(26)23(18)12-4-2-1-3-5-12/h1-10,14,16-17H,11H2,(H,21,22)/t14-,16+,17-,20+/m0/s1. The minimum atomic E-state index is -0.963. The van der Waals surface area contributed by atoms with E-state index in [1.54, 1.807) is 24.3 Å². The third-order valence-corrected chi connectivity index (χ3v) is 5.67. The van der Waals surface area contributed by atoms with Crippen molar-refractivity contribution in [3.63, 3.8) is 0 Å². The molecule has 29 heavy (non-hydrogen) atoms. The molecule has 1 aromatic heterocycles. The lowest BCUT2D eigenvalue weighted by Gasteiger charge is -2.29. The summed E-state index contributed by atoms with van der Waals surface area (Å²) in [5, 5.41) is 13.8. The highest BCUT2D eigenvalue weighted by atomic mass is 16.6. The van der Waals surface area contributed by atoms with Gasteiger partial charge in [0.1, 0.15) is 17.6 Å². The smallest absolute Gasteiger partial charge is 0.287 e. The monoisotopic (exact) mass is 392 g/mol. The average molecular weight is 392 g/mol. The summed E-state index contributed by atoms with van der Waals surface area (Å²) in [4.78, 5) is 41.7. The second-order valence-electron chi connectivity index (χ2n) is 7.26. The van der Waals surface area contributed by atoms with E-state index < -0.39 is 28.5 Å². The van der Waals surface area contributed by atoms with Crippen molar-refractivity contribution < 1.29 is 19.2 Å². The van der Waals surface area contributed by atoms with Crippen molar-refractivity contribution in [2.45, 2.75) is 11.7 Å². The number of benzene rings is 1. The molecule has 5 rings (SSSR count). The minimum Gasteiger partial charge on any atom is -0.367 e. The van der Waals surface area contributed by atoms with E-state index in [4.69, 9.17) is 4.74 Å². The predicted octanol–water partition coefficient (Wildman–Crippen LogP) is 1.91. The molecule has 4 heterocycles. The van der Waals surface area contributed by atoms with Crippen LogP contribution in [0, 0.1) is 22.0 Å². The molecule has 2 aromatic rings. The van der Waals surface area contributed by atoms with Crippen LogP contribution in [0.15, 0.2) is 60.8 Å². The van der Waals surface area contributed by atoms with Gasteiger partial charge in [-0.05, 0) is 18.2 Å². The first-order valence-corrected chi connectivity index (χ1v) is 9.14. The fourth-order valence-corrected chi connectivity index (χ4v) is 4.37. The van der Waals surface area contributed by atoms with Crippen molar-refractivity contribution in [2.75, 3.05) is 16.8 Å². The topological polar surface area (TPSA) is 115 Å². The maximum Gasteiger partial charge on any atom is 0.287 e. The van der Waals surface area contributed by atoms with E-state index in [-0.39, 0.29) is 24.0 Å². The quantitative estimate of drug-likeness (QED) is 0.358. The summed E-state index contributed by atoms with van der Waals surface area (Å²) < 4.78 is 6.06. The van der Waals surface area contributed by atoms with Gasteiger partial charge in [-0.3, -0.25) is 19.7 Å². The second kappa shape index (κ2) is 6.21. The lowest BCUT2D eigenvalue weighted by Crippen LogP contribution is -2.45. The molecule has 3 aliphatic rings. The zero-order valence-corrected chi connectivity index (χ0v) is 15.1. The summed E-state index contributed by atoms with van der Waals surface area (Å²) >= 11 is 0. The Morgan fingerprint density at radius 3 is 2.66 bits per heavy atom. The van der Waals surface area contributed by atoms with Crippen LogP contribution >= 0.6 is 0 Å². The van der Waals surface area contributed by atoms with E-state index in [1.807, 2.05) is 18.2 Å². The van der Waals surface area contributed by atoms with Crippen molar-refractivity contribution in [1.82, 2.24) is 4.98 Å². The number of carbonyl (C=O) groups is 2. The third kappa shape index (κ3) is 2.54. The predicted molar refractivity (Wildman–Crippen MR) is 102 cm³/mol. The van der Waals surface area contributed by atoms with Crippen LogP contribution in [0.4, 0.5) is 17.2 Å². The summed E-state index contributed by atoms with van der Waals surface area (Å²) in [5.41, 5.74) is -0.520. The molecule has 0 aliphatic carbocycles. The Balaban J connectivity index is 1.40. The number of carbonyl (C=O) groups excluding carboxylic acids is 2. The number of nitro groups is 1. The van der Waals surface area contributed by atoms with E-state index in [0.717, 1.165) is 6.20 Å². The Morgan fingerprint density at radius 1 is 1.17 bits per heavy atom. The van der Waals surface area contributed by atoms with Crippen LogP contribution in [0.3, 0.4) is 0 Å². The molecule has 146 valence electrons. The fraction of sp³-hybridized carbons (Fsp3) is 0.250. The molecule has 9 heteroatoms. The molecule has 0 spiro atoms. The van der Waals surface area contributed by atoms with Crippen LogP contribution in [0.5, 0.6) is 0 Å². The van der Waals surface area contributed by atoms with Crippen LogP contribution in [0.25, 0.3) is 0 Å². The highest BCUT2D eigenvalue weighted by Crippen LogP contribution is 2.52. The normalized spacial score (nSPS) is 29.4. The Bertz CT molecular complexity index is 1040. The largest absolute Gasteiger partial charge is 0.367 e. The molecule has 0 radical (unpaired) electrons. The number of ether oxygens (including phenoxy) is 1. The Kier molecular flexibility index (Phi) is 3.75. The van der Waals surface area contributed by atoms with Gasteiger partial charge >= 0.3 is 0 Å². The van der Waals surface area contributed by atoms with Crippen molar-refractivity contribution >= 4 is 29.0 Å². The number of imide groups is 1. The van der Waals surface area contributed by atoms with E-state index in [2.05, 4.69) is 10.3 Å². The number of para-hydroxylation sites is 1. The van der Waals surface area contributed by atoms with E-state index >= 15 is 0 Å². The molecular formula is C20H16N4O5. The molecule has 0 saturated carbocycles. The number of anilines is 2. The van der Waals surface area contributed by atoms with Gasteiger partial charge in [-0.15, -0.1) is 0 Å². The molecular weight excluding hydrogens is 376 g/mol. The number of pyridine rings is 1. The van der Waals surface area contributed by atoms with Crippen LogP contribution in [-0.2, 0) is 14.3 Å². The SMILES string of the molecule is O=C1[C@@H]2[C@@H]3C=C[C@](CNc4ccc([N+](=O)[O-])cn4)(O3)[C@@H]2C(=O)N1c1ccccc1. The van der Waals surface area contributed by atoms with Gasteiger partial charge in [0.15, 0.2) is 0 Å². The third-order valence-electron chi connectivity index (χ3n) is 5.67. The van der Waals surface area contributed by atoms with Gasteiger partial charge in [-0.1, -0.05) is 30.4 Å². The molecule has 0 unspecified atom stereocenters. The molecule has 2 amide bonds. The summed E-state index contributed by atoms with van der Waals surface area (Å²) in [6.07, 6.45) is 4.37. The number of aromatic nitrogens is 1. The van der Waals surface area contributed by atoms with E-state index in [9.17, 15) is 19.7 Å². The van der Waals surface area contributed by atoms with Crippen molar-refractivity contribution in [2.24, 2.45) is 11.8 Å². The molecule has 9 nitrogen and oxygen atoms in total. The lowest BCUT2D eigenvalue weighted by molar-refractivity contribution is -0.385. The minimum absolute atomic E-state index is 0.109. The van der Waals surface area contributed by atoms with Crippen molar-refractivity contribution in [3.8, 4) is 0 Å². The Hall–Kier alpha value is -3.59. The van der Waals surface area contributed by atoms with E-state index in [0.29, 0.717) is 11.5 Å². The Labute approximate surface area is 165 Å². The van der Waals surface area contributed by atoms with Crippen LogP contribution in [-0.4, -0.2) is 40.0 Å². The first-order valence-electron chi connectivity index (χ1n) is 9.14. The second-order valence-corrected chi connectivity index (χ2v) is 7.26. The summed E-state index contributed by atoms with van der Waals surface area (Å²) in [6.45, 7) is 0.216. The molecule has 1 N–H and O–H groups in total. The summed E-state index contributed by atoms with van der Waals surface area (Å²) in [7, 11) is 0. The zero-order chi connectivity index (χ0) is 20.2. The number of fused-ring (bicyclic) bond motifs is 5. The van der Waals surface area contributed by atoms with Crippen molar-refractivity contribution in [1.29, 1.82) is 0 Å². The van der Waals surface area contributed by atoms with Crippen LogP contribution in [0.1, 0.15) is 0 Å². The first kappa shape index (κ1) is 17.5. The zero-order valence-electron chi connectivity index (χ0n) is 15.1. The fourth-order valence-electron chi connectivity index (χ4n) is 4.37. The van der Waals surface area contributed by atoms with Gasteiger partial charge in [-0.2, -0.15) is 0 Å². The van der Waals surface area contributed by atoms with Crippen LogP contribution in [0.2, 0.25) is 0 Å². The highest BCUT2D eigenvalue weighted by molar-refractivity contribution is 6.23. The number of hydrogen-bond donors (Lipinski definition) is 1. The van der Waals surface area contributed by atoms with E-state index in [1.165, 1.54) is 17.0 Å². The Morgan fingerprint density at radius 2 is 1.97 bits per heavy atom. The van der Waals surface area contributed by atoms with Gasteiger partial charge in [0.05, 0.1) is 28.6 Å². The molecule has 2 saturated heterocycles. The van der Waals surface area contributed by atoms with Gasteiger partial charge < -0.3 is 10.1 Å². The molecule has 2 fully saturated rings. The number of amides is 2. The van der Waals surface area contributed by atoms with Gasteiger partial charge in [0.2, 0.25) is 11.8 Å². The molecule has 4 atom stereocenters. The molecule has 2 bridgehead atoms. The van der Waals surface area contributed by atoms with Crippen molar-refractivity contribution in [3.05, 3.63) is 70.9 Å². The summed E-state index contributed by atoms with van der Waals surface area (Å²) in [6, 6.07) is 11.7.